The van der Waals surface area contributed by atoms with Gasteiger partial charge in [-0.1, -0.05) is 0 Å². The Hall–Kier alpha value is -0.150. The molecule has 0 atom stereocenters. The summed E-state index contributed by atoms with van der Waals surface area (Å²) in [5.74, 6) is 2.86. The number of nitrogens with zero attached hydrogens (tertiary/aromatic N) is 2. The van der Waals surface area contributed by atoms with Gasteiger partial charge in [0.2, 0.25) is 0 Å². The zero-order valence-electron chi connectivity index (χ0n) is 6.24. The van der Waals surface area contributed by atoms with Crippen LogP contribution in [-0.4, -0.2) is 27.2 Å². The summed E-state index contributed by atoms with van der Waals surface area (Å²) in [4.78, 5) is 0. The van der Waals surface area contributed by atoms with Gasteiger partial charge in [-0.05, 0) is 6.07 Å². The van der Waals surface area contributed by atoms with Gasteiger partial charge in [-0.2, -0.15) is 16.9 Å². The number of aromatic nitrogens is 2. The van der Waals surface area contributed by atoms with Crippen LogP contribution in [0.1, 0.15) is 0 Å². The zero-order chi connectivity index (χ0) is 7.94. The fourth-order valence-corrected chi connectivity index (χ4v) is 1.70. The summed E-state index contributed by atoms with van der Waals surface area (Å²) in [6.07, 6.45) is 3.77. The minimum absolute atomic E-state index is 0.740. The lowest BCUT2D eigenvalue weighted by molar-refractivity contribution is 0.666. The van der Waals surface area contributed by atoms with Crippen LogP contribution < -0.4 is 0 Å². The molecule has 4 heteroatoms. The molecule has 0 unspecified atom stereocenters. The molecular formula is C7H11ClN2S. The van der Waals surface area contributed by atoms with E-state index in [-0.39, 0.29) is 0 Å². The topological polar surface area (TPSA) is 17.8 Å². The van der Waals surface area contributed by atoms with Crippen LogP contribution >= 0.6 is 23.4 Å². The molecule has 0 fully saturated rings. The molecule has 0 bridgehead atoms. The maximum atomic E-state index is 5.52. The molecule has 1 aromatic rings. The van der Waals surface area contributed by atoms with E-state index in [1.54, 1.807) is 6.20 Å². The minimum atomic E-state index is 0.740. The lowest BCUT2D eigenvalue weighted by Gasteiger charge is -1.99. The van der Waals surface area contributed by atoms with E-state index in [1.807, 2.05) is 28.7 Å². The highest BCUT2D eigenvalue weighted by Gasteiger charge is 1.90. The molecule has 1 aromatic heterocycles. The van der Waals surface area contributed by atoms with Gasteiger partial charge in [-0.25, -0.2) is 0 Å². The first kappa shape index (κ1) is 8.94. The number of alkyl halides is 1. The van der Waals surface area contributed by atoms with Crippen molar-refractivity contribution in [2.45, 2.75) is 6.54 Å². The summed E-state index contributed by atoms with van der Waals surface area (Å²) in [6.45, 7) is 0.981. The lowest BCUT2D eigenvalue weighted by Crippen LogP contribution is -2.00. The Kier molecular flexibility index (Phi) is 4.47. The van der Waals surface area contributed by atoms with Crippen molar-refractivity contribution >= 4 is 23.4 Å². The van der Waals surface area contributed by atoms with Crippen molar-refractivity contribution in [1.29, 1.82) is 0 Å². The van der Waals surface area contributed by atoms with Crippen LogP contribution in [-0.2, 0) is 6.54 Å². The Labute approximate surface area is 75.9 Å². The van der Waals surface area contributed by atoms with E-state index in [2.05, 4.69) is 5.10 Å². The van der Waals surface area contributed by atoms with E-state index in [0.29, 0.717) is 0 Å². The Bertz CT molecular complexity index is 177. The molecule has 0 saturated carbocycles. The number of hydrogen-bond donors (Lipinski definition) is 0. The molecule has 1 rings (SSSR count). The van der Waals surface area contributed by atoms with E-state index in [1.165, 1.54) is 0 Å². The van der Waals surface area contributed by atoms with E-state index in [9.17, 15) is 0 Å². The predicted octanol–water partition coefficient (Wildman–Crippen LogP) is 1.86. The lowest BCUT2D eigenvalue weighted by atomic mass is 10.7. The second kappa shape index (κ2) is 5.49. The molecule has 0 spiro atoms. The van der Waals surface area contributed by atoms with Crippen LogP contribution in [0.2, 0.25) is 0 Å². The van der Waals surface area contributed by atoms with Crippen LogP contribution in [0.15, 0.2) is 18.5 Å². The van der Waals surface area contributed by atoms with E-state index in [4.69, 9.17) is 11.6 Å². The summed E-state index contributed by atoms with van der Waals surface area (Å²) >= 11 is 7.38. The normalized spacial score (nSPS) is 10.3. The zero-order valence-corrected chi connectivity index (χ0v) is 7.81. The van der Waals surface area contributed by atoms with Gasteiger partial charge >= 0.3 is 0 Å². The fraction of sp³-hybridized carbons (Fsp3) is 0.571. The fourth-order valence-electron chi connectivity index (χ4n) is 0.747. The van der Waals surface area contributed by atoms with Gasteiger partial charge in [0.05, 0.1) is 0 Å². The molecule has 2 nitrogen and oxygen atoms in total. The highest BCUT2D eigenvalue weighted by Crippen LogP contribution is 2.01. The summed E-state index contributed by atoms with van der Waals surface area (Å²) in [6, 6.07) is 1.94. The minimum Gasteiger partial charge on any atom is -0.272 e. The van der Waals surface area contributed by atoms with Crippen LogP contribution in [0.4, 0.5) is 0 Å². The Morgan fingerprint density at radius 3 is 3.00 bits per heavy atom. The average Bonchev–Trinajstić information content (AvgIpc) is 2.50. The molecule has 0 amide bonds. The summed E-state index contributed by atoms with van der Waals surface area (Å²) < 4.78 is 1.93. The van der Waals surface area contributed by atoms with Crippen LogP contribution in [0.5, 0.6) is 0 Å². The highest BCUT2D eigenvalue weighted by molar-refractivity contribution is 7.99. The molecule has 0 aliphatic carbocycles. The van der Waals surface area contributed by atoms with E-state index < -0.39 is 0 Å². The van der Waals surface area contributed by atoms with Gasteiger partial charge in [0.15, 0.2) is 0 Å². The number of halogens is 1. The van der Waals surface area contributed by atoms with Crippen LogP contribution in [0.3, 0.4) is 0 Å². The molecule has 0 N–H and O–H groups in total. The number of hydrogen-bond acceptors (Lipinski definition) is 2. The van der Waals surface area contributed by atoms with Crippen molar-refractivity contribution in [2.24, 2.45) is 0 Å². The molecule has 11 heavy (non-hydrogen) atoms. The average molecular weight is 191 g/mol. The quantitative estimate of drug-likeness (QED) is 0.521. The van der Waals surface area contributed by atoms with Crippen molar-refractivity contribution in [1.82, 2.24) is 9.78 Å². The number of rotatable bonds is 5. The van der Waals surface area contributed by atoms with Gasteiger partial charge in [-0.3, -0.25) is 4.68 Å². The largest absolute Gasteiger partial charge is 0.272 e. The third-order valence-electron chi connectivity index (χ3n) is 1.25. The first-order valence-corrected chi connectivity index (χ1v) is 5.23. The highest BCUT2D eigenvalue weighted by atomic mass is 35.5. The first-order valence-electron chi connectivity index (χ1n) is 3.54. The summed E-state index contributed by atoms with van der Waals surface area (Å²) in [7, 11) is 0. The molecule has 0 radical (unpaired) electrons. The van der Waals surface area contributed by atoms with Crippen molar-refractivity contribution in [3.8, 4) is 0 Å². The molecule has 1 heterocycles. The van der Waals surface area contributed by atoms with Crippen molar-refractivity contribution in [3.63, 3.8) is 0 Å². The molecule has 0 saturated heterocycles. The van der Waals surface area contributed by atoms with Crippen molar-refractivity contribution in [2.75, 3.05) is 17.4 Å². The van der Waals surface area contributed by atoms with Gasteiger partial charge in [0, 0.05) is 36.3 Å². The second-order valence-electron chi connectivity index (χ2n) is 2.07. The Morgan fingerprint density at radius 2 is 2.36 bits per heavy atom. The maximum absolute atomic E-state index is 5.52. The van der Waals surface area contributed by atoms with Gasteiger partial charge in [-0.15, -0.1) is 11.6 Å². The number of thioether (sulfide) groups is 1. The molecule has 0 aliphatic rings. The molecule has 62 valence electrons. The van der Waals surface area contributed by atoms with Crippen LogP contribution in [0, 0.1) is 0 Å². The Balaban J connectivity index is 2.04. The van der Waals surface area contributed by atoms with Gasteiger partial charge in [0.25, 0.3) is 0 Å². The number of aryl methyl sites for hydroxylation is 1. The van der Waals surface area contributed by atoms with Gasteiger partial charge in [0.1, 0.15) is 0 Å². The van der Waals surface area contributed by atoms with Crippen molar-refractivity contribution < 1.29 is 0 Å². The van der Waals surface area contributed by atoms with Gasteiger partial charge < -0.3 is 0 Å². The first-order chi connectivity index (χ1) is 5.43. The standard InChI is InChI=1S/C7H11ClN2S/c8-2-6-11-7-5-10-4-1-3-9-10/h1,3-4H,2,5-7H2. The second-order valence-corrected chi connectivity index (χ2v) is 3.67. The molecule has 0 aliphatic heterocycles. The maximum Gasteiger partial charge on any atom is 0.0499 e. The molecule has 0 aromatic carbocycles. The predicted molar refractivity (Wildman–Crippen MR) is 50.3 cm³/mol. The molecular weight excluding hydrogens is 180 g/mol. The smallest absolute Gasteiger partial charge is 0.0499 e. The summed E-state index contributed by atoms with van der Waals surface area (Å²) in [5, 5.41) is 4.08. The third kappa shape index (κ3) is 3.68. The van der Waals surface area contributed by atoms with Crippen LogP contribution in [0.25, 0.3) is 0 Å². The monoisotopic (exact) mass is 190 g/mol. The SMILES string of the molecule is ClCCSCCn1cccn1. The van der Waals surface area contributed by atoms with Crippen molar-refractivity contribution in [3.05, 3.63) is 18.5 Å². The van der Waals surface area contributed by atoms with E-state index in [0.717, 1.165) is 23.9 Å². The Morgan fingerprint density at radius 1 is 1.45 bits per heavy atom. The summed E-state index contributed by atoms with van der Waals surface area (Å²) in [5.41, 5.74) is 0. The third-order valence-corrected chi connectivity index (χ3v) is 2.62. The van der Waals surface area contributed by atoms with E-state index >= 15 is 0 Å².